The number of rotatable bonds is 4. The first-order valence-corrected chi connectivity index (χ1v) is 5.91. The van der Waals surface area contributed by atoms with E-state index in [1.807, 2.05) is 13.0 Å². The van der Waals surface area contributed by atoms with E-state index in [2.05, 4.69) is 6.58 Å². The molecular formula is C12H20O4. The highest BCUT2D eigenvalue weighted by Gasteiger charge is 2.53. The van der Waals surface area contributed by atoms with Crippen molar-refractivity contribution in [3.05, 3.63) is 12.7 Å². The van der Waals surface area contributed by atoms with E-state index in [0.717, 1.165) is 6.42 Å². The van der Waals surface area contributed by atoms with Gasteiger partial charge in [0.25, 0.3) is 0 Å². The molecule has 0 aromatic heterocycles. The van der Waals surface area contributed by atoms with E-state index in [-0.39, 0.29) is 36.8 Å². The van der Waals surface area contributed by atoms with Crippen molar-refractivity contribution in [3.63, 3.8) is 0 Å². The summed E-state index contributed by atoms with van der Waals surface area (Å²) >= 11 is 0. The van der Waals surface area contributed by atoms with Gasteiger partial charge in [0.1, 0.15) is 0 Å². The van der Waals surface area contributed by atoms with Gasteiger partial charge < -0.3 is 19.7 Å². The maximum absolute atomic E-state index is 9.98. The third-order valence-corrected chi connectivity index (χ3v) is 3.78. The summed E-state index contributed by atoms with van der Waals surface area (Å²) in [4.78, 5) is 0. The minimum absolute atomic E-state index is 0.0162. The molecule has 0 spiro atoms. The summed E-state index contributed by atoms with van der Waals surface area (Å²) in [5.74, 6) is 0.116. The van der Waals surface area contributed by atoms with Crippen molar-refractivity contribution in [2.24, 2.45) is 17.8 Å². The van der Waals surface area contributed by atoms with Crippen molar-refractivity contribution in [2.75, 3.05) is 13.2 Å². The second-order valence-electron chi connectivity index (χ2n) is 4.55. The van der Waals surface area contributed by atoms with Crippen LogP contribution in [-0.2, 0) is 9.47 Å². The summed E-state index contributed by atoms with van der Waals surface area (Å²) in [6, 6.07) is 0. The third-order valence-electron chi connectivity index (χ3n) is 3.78. The van der Waals surface area contributed by atoms with Gasteiger partial charge in [0.2, 0.25) is 0 Å². The monoisotopic (exact) mass is 228 g/mol. The first-order chi connectivity index (χ1) is 7.72. The Morgan fingerprint density at radius 1 is 1.56 bits per heavy atom. The zero-order valence-electron chi connectivity index (χ0n) is 9.58. The fourth-order valence-corrected chi connectivity index (χ4v) is 2.99. The molecule has 2 N–H and O–H groups in total. The van der Waals surface area contributed by atoms with E-state index in [1.54, 1.807) is 0 Å². The lowest BCUT2D eigenvalue weighted by atomic mass is 9.67. The van der Waals surface area contributed by atoms with Gasteiger partial charge in [0, 0.05) is 25.0 Å². The second kappa shape index (κ2) is 4.84. The highest BCUT2D eigenvalue weighted by Crippen LogP contribution is 2.45. The van der Waals surface area contributed by atoms with Gasteiger partial charge in [-0.05, 0) is 19.3 Å². The summed E-state index contributed by atoms with van der Waals surface area (Å²) in [6.07, 6.45) is 1.53. The van der Waals surface area contributed by atoms with Crippen molar-refractivity contribution in [1.82, 2.24) is 0 Å². The lowest BCUT2D eigenvalue weighted by Crippen LogP contribution is -2.60. The predicted molar refractivity (Wildman–Crippen MR) is 58.7 cm³/mol. The SMILES string of the molecule is C=C[C@H]1C[C@H]2O[C@H](OCC)[C@@H]1[C@H](CO)[C@H]2O. The number of hydrogen-bond acceptors (Lipinski definition) is 4. The molecule has 6 atom stereocenters. The smallest absolute Gasteiger partial charge is 0.161 e. The molecule has 2 bridgehead atoms. The van der Waals surface area contributed by atoms with Crippen molar-refractivity contribution in [2.45, 2.75) is 31.8 Å². The molecule has 16 heavy (non-hydrogen) atoms. The van der Waals surface area contributed by atoms with Crippen LogP contribution in [0.1, 0.15) is 13.3 Å². The zero-order valence-corrected chi connectivity index (χ0v) is 9.58. The summed E-state index contributed by atoms with van der Waals surface area (Å²) in [7, 11) is 0. The van der Waals surface area contributed by atoms with Crippen LogP contribution < -0.4 is 0 Å². The van der Waals surface area contributed by atoms with Gasteiger partial charge in [0.05, 0.1) is 12.2 Å². The van der Waals surface area contributed by atoms with Gasteiger partial charge in [-0.1, -0.05) is 6.08 Å². The maximum Gasteiger partial charge on any atom is 0.161 e. The topological polar surface area (TPSA) is 58.9 Å². The Morgan fingerprint density at radius 2 is 2.31 bits per heavy atom. The van der Waals surface area contributed by atoms with Gasteiger partial charge in [-0.25, -0.2) is 0 Å². The number of ether oxygens (including phenoxy) is 2. The van der Waals surface area contributed by atoms with Crippen LogP contribution in [0.2, 0.25) is 0 Å². The Labute approximate surface area is 95.9 Å². The average Bonchev–Trinajstić information content (AvgIpc) is 2.30. The second-order valence-corrected chi connectivity index (χ2v) is 4.55. The lowest BCUT2D eigenvalue weighted by molar-refractivity contribution is -0.307. The number of allylic oxidation sites excluding steroid dienone is 1. The Hall–Kier alpha value is -0.420. The molecule has 2 heterocycles. The van der Waals surface area contributed by atoms with Gasteiger partial charge in [0.15, 0.2) is 6.29 Å². The van der Waals surface area contributed by atoms with E-state index >= 15 is 0 Å². The van der Waals surface area contributed by atoms with E-state index in [4.69, 9.17) is 9.47 Å². The number of fused-ring (bicyclic) bond motifs is 3. The van der Waals surface area contributed by atoms with Crippen LogP contribution in [-0.4, -0.2) is 41.9 Å². The molecule has 0 radical (unpaired) electrons. The molecule has 3 rings (SSSR count). The largest absolute Gasteiger partial charge is 0.396 e. The Bertz CT molecular complexity index is 255. The van der Waals surface area contributed by atoms with Gasteiger partial charge in [-0.2, -0.15) is 0 Å². The van der Waals surface area contributed by atoms with Gasteiger partial charge in [-0.15, -0.1) is 6.58 Å². The molecule has 1 aliphatic carbocycles. The van der Waals surface area contributed by atoms with Crippen molar-refractivity contribution in [1.29, 1.82) is 0 Å². The van der Waals surface area contributed by atoms with E-state index in [1.165, 1.54) is 0 Å². The van der Waals surface area contributed by atoms with Crippen LogP contribution >= 0.6 is 0 Å². The molecule has 1 saturated carbocycles. The first-order valence-electron chi connectivity index (χ1n) is 5.91. The van der Waals surface area contributed by atoms with Crippen LogP contribution in [0.15, 0.2) is 12.7 Å². The Morgan fingerprint density at radius 3 is 2.88 bits per heavy atom. The minimum Gasteiger partial charge on any atom is -0.396 e. The highest BCUT2D eigenvalue weighted by atomic mass is 16.7. The number of hydrogen-bond donors (Lipinski definition) is 2. The molecule has 92 valence electrons. The Balaban J connectivity index is 2.20. The number of aliphatic hydroxyl groups excluding tert-OH is 2. The highest BCUT2D eigenvalue weighted by molar-refractivity contribution is 5.03. The molecule has 3 fully saturated rings. The van der Waals surface area contributed by atoms with Crippen LogP contribution in [0.3, 0.4) is 0 Å². The molecule has 4 nitrogen and oxygen atoms in total. The van der Waals surface area contributed by atoms with Gasteiger partial charge in [-0.3, -0.25) is 0 Å². The molecule has 3 aliphatic rings. The molecule has 0 amide bonds. The van der Waals surface area contributed by atoms with E-state index in [0.29, 0.717) is 6.61 Å². The normalized spacial score (nSPS) is 46.9. The minimum atomic E-state index is -0.581. The van der Waals surface area contributed by atoms with E-state index in [9.17, 15) is 10.2 Å². The predicted octanol–water partition coefficient (Wildman–Crippen LogP) is 0.539. The molecule has 4 heteroatoms. The summed E-state index contributed by atoms with van der Waals surface area (Å²) in [5, 5.41) is 19.4. The average molecular weight is 228 g/mol. The van der Waals surface area contributed by atoms with Gasteiger partial charge >= 0.3 is 0 Å². The standard InChI is InChI=1S/C12H20O4/c1-3-7-5-9-11(14)8(6-13)10(7)12(16-9)15-4-2/h3,7-14H,1,4-6H2,2H3/t7-,8-,9+,10-,11+,12-/m0/s1. The van der Waals surface area contributed by atoms with Crippen molar-refractivity contribution in [3.8, 4) is 0 Å². The maximum atomic E-state index is 9.98. The molecule has 0 aromatic carbocycles. The fraction of sp³-hybridized carbons (Fsp3) is 0.833. The first kappa shape index (κ1) is 12.0. The summed E-state index contributed by atoms with van der Waals surface area (Å²) < 4.78 is 11.2. The molecular weight excluding hydrogens is 208 g/mol. The zero-order chi connectivity index (χ0) is 11.7. The third kappa shape index (κ3) is 1.80. The lowest BCUT2D eigenvalue weighted by Gasteiger charge is -2.52. The van der Waals surface area contributed by atoms with Crippen LogP contribution in [0, 0.1) is 17.8 Å². The quantitative estimate of drug-likeness (QED) is 0.689. The molecule has 0 unspecified atom stereocenters. The fourth-order valence-electron chi connectivity index (χ4n) is 2.99. The van der Waals surface area contributed by atoms with Crippen LogP contribution in [0.25, 0.3) is 0 Å². The molecule has 0 aromatic rings. The Kier molecular flexibility index (Phi) is 3.64. The number of aliphatic hydroxyl groups is 2. The summed E-state index contributed by atoms with van der Waals surface area (Å²) in [6.45, 7) is 6.28. The summed E-state index contributed by atoms with van der Waals surface area (Å²) in [5.41, 5.74) is 0. The molecule has 2 saturated heterocycles. The van der Waals surface area contributed by atoms with Crippen molar-refractivity contribution >= 4 is 0 Å². The van der Waals surface area contributed by atoms with Crippen LogP contribution in [0.5, 0.6) is 0 Å². The molecule has 2 aliphatic heterocycles. The van der Waals surface area contributed by atoms with Crippen LogP contribution in [0.4, 0.5) is 0 Å². The van der Waals surface area contributed by atoms with Crippen molar-refractivity contribution < 1.29 is 19.7 Å². The van der Waals surface area contributed by atoms with E-state index < -0.39 is 6.10 Å².